The largest absolute Gasteiger partial charge is 0.351 e. The highest BCUT2D eigenvalue weighted by atomic mass is 16.2. The number of aryl methyl sites for hydroxylation is 3. The second-order valence-corrected chi connectivity index (χ2v) is 6.97. The van der Waals surface area contributed by atoms with Gasteiger partial charge in [-0.1, -0.05) is 48.0 Å². The summed E-state index contributed by atoms with van der Waals surface area (Å²) >= 11 is 0. The zero-order valence-electron chi connectivity index (χ0n) is 15.0. The zero-order valence-corrected chi connectivity index (χ0v) is 15.0. The average Bonchev–Trinajstić information content (AvgIpc) is 3.39. The first-order chi connectivity index (χ1) is 11.9. The van der Waals surface area contributed by atoms with Crippen LogP contribution in [0.25, 0.3) is 0 Å². The minimum Gasteiger partial charge on any atom is -0.351 e. The Bertz CT molecular complexity index is 785. The summed E-state index contributed by atoms with van der Waals surface area (Å²) in [6.45, 7) is 6.39. The van der Waals surface area contributed by atoms with Crippen LogP contribution in [0.5, 0.6) is 0 Å². The Morgan fingerprint density at radius 3 is 2.08 bits per heavy atom. The van der Waals surface area contributed by atoms with E-state index in [1.807, 2.05) is 63.2 Å². The van der Waals surface area contributed by atoms with Crippen LogP contribution in [0.2, 0.25) is 0 Å². The van der Waals surface area contributed by atoms with Crippen molar-refractivity contribution < 1.29 is 9.59 Å². The van der Waals surface area contributed by atoms with Crippen molar-refractivity contribution in [1.29, 1.82) is 0 Å². The molecule has 0 radical (unpaired) electrons. The number of rotatable bonds is 5. The highest BCUT2D eigenvalue weighted by molar-refractivity contribution is 6.13. The van der Waals surface area contributed by atoms with Crippen LogP contribution >= 0.6 is 0 Å². The number of anilines is 1. The van der Waals surface area contributed by atoms with Crippen molar-refractivity contribution >= 4 is 17.5 Å². The minimum atomic E-state index is -0.917. The second kappa shape index (κ2) is 6.71. The Labute approximate surface area is 148 Å². The number of hydrogen-bond donors (Lipinski definition) is 2. The van der Waals surface area contributed by atoms with Crippen LogP contribution in [-0.4, -0.2) is 11.8 Å². The van der Waals surface area contributed by atoms with E-state index in [9.17, 15) is 9.59 Å². The van der Waals surface area contributed by atoms with Gasteiger partial charge in [-0.3, -0.25) is 9.59 Å². The van der Waals surface area contributed by atoms with Crippen LogP contribution < -0.4 is 10.6 Å². The van der Waals surface area contributed by atoms with Crippen molar-refractivity contribution in [3.05, 3.63) is 64.7 Å². The normalized spacial score (nSPS) is 14.7. The fourth-order valence-corrected chi connectivity index (χ4v) is 2.98. The van der Waals surface area contributed by atoms with Crippen molar-refractivity contribution in [2.45, 2.75) is 40.2 Å². The van der Waals surface area contributed by atoms with E-state index < -0.39 is 5.41 Å². The van der Waals surface area contributed by atoms with Crippen molar-refractivity contribution in [3.8, 4) is 0 Å². The molecular formula is C21H24N2O2. The first-order valence-corrected chi connectivity index (χ1v) is 8.64. The van der Waals surface area contributed by atoms with E-state index in [4.69, 9.17) is 0 Å². The molecule has 0 aliphatic heterocycles. The van der Waals surface area contributed by atoms with E-state index >= 15 is 0 Å². The highest BCUT2D eigenvalue weighted by Crippen LogP contribution is 2.47. The van der Waals surface area contributed by atoms with E-state index in [1.165, 1.54) is 5.56 Å². The van der Waals surface area contributed by atoms with Crippen LogP contribution in [0.4, 0.5) is 5.69 Å². The quantitative estimate of drug-likeness (QED) is 0.819. The van der Waals surface area contributed by atoms with Gasteiger partial charge in [0.15, 0.2) is 0 Å². The van der Waals surface area contributed by atoms with Gasteiger partial charge in [0.2, 0.25) is 11.8 Å². The molecule has 2 N–H and O–H groups in total. The number of nitrogens with one attached hydrogen (secondary N) is 2. The summed E-state index contributed by atoms with van der Waals surface area (Å²) in [6, 6.07) is 13.9. The van der Waals surface area contributed by atoms with E-state index in [0.29, 0.717) is 19.4 Å². The lowest BCUT2D eigenvalue weighted by Gasteiger charge is -2.18. The molecule has 0 unspecified atom stereocenters. The maximum Gasteiger partial charge on any atom is 0.240 e. The molecule has 0 atom stereocenters. The topological polar surface area (TPSA) is 58.2 Å². The van der Waals surface area contributed by atoms with Crippen molar-refractivity contribution in [3.63, 3.8) is 0 Å². The SMILES string of the molecule is Cc1ccc(CNC(=O)C2(C(=O)Nc3c(C)cccc3C)CC2)cc1. The Morgan fingerprint density at radius 1 is 0.920 bits per heavy atom. The number of amides is 2. The van der Waals surface area contributed by atoms with Gasteiger partial charge in [-0.25, -0.2) is 0 Å². The van der Waals surface area contributed by atoms with Gasteiger partial charge >= 0.3 is 0 Å². The predicted molar refractivity (Wildman–Crippen MR) is 99.2 cm³/mol. The Kier molecular flexibility index (Phi) is 4.62. The van der Waals surface area contributed by atoms with Crippen LogP contribution in [0.3, 0.4) is 0 Å². The molecule has 1 fully saturated rings. The van der Waals surface area contributed by atoms with Gasteiger partial charge in [0.25, 0.3) is 0 Å². The summed E-state index contributed by atoms with van der Waals surface area (Å²) in [5, 5.41) is 5.89. The maximum atomic E-state index is 12.7. The summed E-state index contributed by atoms with van der Waals surface area (Å²) in [5.41, 5.74) is 4.12. The molecule has 1 saturated carbocycles. The van der Waals surface area contributed by atoms with Crippen molar-refractivity contribution in [2.75, 3.05) is 5.32 Å². The molecule has 0 saturated heterocycles. The molecule has 25 heavy (non-hydrogen) atoms. The summed E-state index contributed by atoms with van der Waals surface area (Å²) < 4.78 is 0. The predicted octanol–water partition coefficient (Wildman–Crippen LogP) is 3.65. The third-order valence-corrected chi connectivity index (χ3v) is 4.91. The Hall–Kier alpha value is -2.62. The first-order valence-electron chi connectivity index (χ1n) is 8.64. The van der Waals surface area contributed by atoms with Crippen LogP contribution in [0, 0.1) is 26.2 Å². The van der Waals surface area contributed by atoms with Crippen molar-refractivity contribution in [1.82, 2.24) is 5.32 Å². The van der Waals surface area contributed by atoms with Crippen molar-refractivity contribution in [2.24, 2.45) is 5.41 Å². The molecule has 0 aromatic heterocycles. The highest BCUT2D eigenvalue weighted by Gasteiger charge is 2.56. The minimum absolute atomic E-state index is 0.184. The molecule has 0 spiro atoms. The average molecular weight is 336 g/mol. The number of carbonyl (C=O) groups excluding carboxylic acids is 2. The molecule has 2 aromatic rings. The van der Waals surface area contributed by atoms with Gasteiger partial charge in [0.1, 0.15) is 5.41 Å². The number of carbonyl (C=O) groups is 2. The lowest BCUT2D eigenvalue weighted by atomic mass is 10.0. The molecule has 1 aliphatic rings. The van der Waals surface area contributed by atoms with Crippen LogP contribution in [-0.2, 0) is 16.1 Å². The summed E-state index contributed by atoms with van der Waals surface area (Å²) in [4.78, 5) is 25.3. The van der Waals surface area contributed by atoms with E-state index in [2.05, 4.69) is 10.6 Å². The van der Waals surface area contributed by atoms with E-state index in [-0.39, 0.29) is 11.8 Å². The molecule has 2 aromatic carbocycles. The zero-order chi connectivity index (χ0) is 18.0. The number of benzene rings is 2. The standard InChI is InChI=1S/C21H24N2O2/c1-14-7-9-17(10-8-14)13-22-19(24)21(11-12-21)20(25)23-18-15(2)5-4-6-16(18)3/h4-10H,11-13H2,1-3H3,(H,22,24)(H,23,25). The number of hydrogen-bond acceptors (Lipinski definition) is 2. The molecule has 4 nitrogen and oxygen atoms in total. The molecule has 0 heterocycles. The molecule has 3 rings (SSSR count). The van der Waals surface area contributed by atoms with Gasteiger partial charge in [-0.2, -0.15) is 0 Å². The molecule has 130 valence electrons. The fraction of sp³-hybridized carbons (Fsp3) is 0.333. The molecule has 1 aliphatic carbocycles. The van der Waals surface area contributed by atoms with E-state index in [1.54, 1.807) is 0 Å². The van der Waals surface area contributed by atoms with Gasteiger partial charge in [0, 0.05) is 12.2 Å². The lowest BCUT2D eigenvalue weighted by molar-refractivity contribution is -0.134. The third-order valence-electron chi connectivity index (χ3n) is 4.91. The lowest BCUT2D eigenvalue weighted by Crippen LogP contribution is -2.39. The molecule has 2 amide bonds. The van der Waals surface area contributed by atoms with Crippen LogP contribution in [0.15, 0.2) is 42.5 Å². The fourth-order valence-electron chi connectivity index (χ4n) is 2.98. The first kappa shape index (κ1) is 17.2. The van der Waals surface area contributed by atoms with Crippen LogP contribution in [0.1, 0.15) is 35.1 Å². The number of para-hydroxylation sites is 1. The monoisotopic (exact) mass is 336 g/mol. The second-order valence-electron chi connectivity index (χ2n) is 6.97. The maximum absolute atomic E-state index is 12.7. The Morgan fingerprint density at radius 2 is 1.52 bits per heavy atom. The van der Waals surface area contributed by atoms with E-state index in [0.717, 1.165) is 22.4 Å². The van der Waals surface area contributed by atoms with Gasteiger partial charge in [0.05, 0.1) is 0 Å². The summed E-state index contributed by atoms with van der Waals surface area (Å²) in [6.07, 6.45) is 1.20. The molecule has 0 bridgehead atoms. The summed E-state index contributed by atoms with van der Waals surface area (Å²) in [7, 11) is 0. The Balaban J connectivity index is 1.65. The summed E-state index contributed by atoms with van der Waals surface area (Å²) in [5.74, 6) is -0.386. The molecule has 4 heteroatoms. The van der Waals surface area contributed by atoms with Gasteiger partial charge in [-0.15, -0.1) is 0 Å². The molecular weight excluding hydrogens is 312 g/mol. The van der Waals surface area contributed by atoms with Gasteiger partial charge in [-0.05, 0) is 50.3 Å². The smallest absolute Gasteiger partial charge is 0.240 e. The van der Waals surface area contributed by atoms with Gasteiger partial charge < -0.3 is 10.6 Å². The third kappa shape index (κ3) is 3.58.